The molecule has 3 nitrogen and oxygen atoms in total. The van der Waals surface area contributed by atoms with Gasteiger partial charge in [-0.1, -0.05) is 36.7 Å². The van der Waals surface area contributed by atoms with Gasteiger partial charge in [0.15, 0.2) is 0 Å². The van der Waals surface area contributed by atoms with Crippen LogP contribution in [0.4, 0.5) is 0 Å². The van der Waals surface area contributed by atoms with Gasteiger partial charge in [-0.3, -0.25) is 9.48 Å². The monoisotopic (exact) mass is 304 g/mol. The summed E-state index contributed by atoms with van der Waals surface area (Å²) in [5, 5.41) is 4.98. The lowest BCUT2D eigenvalue weighted by Crippen LogP contribution is -2.10. The van der Waals surface area contributed by atoms with Crippen LogP contribution in [-0.2, 0) is 31.1 Å². The molecule has 0 unspecified atom stereocenters. The molecule has 0 atom stereocenters. The van der Waals surface area contributed by atoms with E-state index in [1.165, 1.54) is 11.1 Å². The summed E-state index contributed by atoms with van der Waals surface area (Å²) in [6, 6.07) is 6.16. The second-order valence-corrected chi connectivity index (χ2v) is 5.87. The zero-order chi connectivity index (χ0) is 15.6. The molecular weight excluding hydrogens is 284 g/mol. The number of ketones is 1. The molecule has 1 aromatic heterocycles. The SMILES string of the molecule is CCc1nn(C)c(CC(=O)Cc2ccc(C)c(C)c2)c1Cl. The molecular formula is C17H21ClN2O. The van der Waals surface area contributed by atoms with Crippen LogP contribution in [0.5, 0.6) is 0 Å². The van der Waals surface area contributed by atoms with Gasteiger partial charge in [0.1, 0.15) is 5.78 Å². The van der Waals surface area contributed by atoms with Crippen LogP contribution >= 0.6 is 11.6 Å². The van der Waals surface area contributed by atoms with Crippen LogP contribution in [0.2, 0.25) is 5.02 Å². The van der Waals surface area contributed by atoms with Gasteiger partial charge in [-0.2, -0.15) is 5.10 Å². The van der Waals surface area contributed by atoms with E-state index in [1.54, 1.807) is 4.68 Å². The molecule has 0 radical (unpaired) electrons. The van der Waals surface area contributed by atoms with Crippen molar-refractivity contribution >= 4 is 17.4 Å². The third-order valence-corrected chi connectivity index (χ3v) is 4.28. The third kappa shape index (κ3) is 3.53. The number of Topliss-reactive ketones (excluding diaryl/α,β-unsaturated/α-hetero) is 1. The van der Waals surface area contributed by atoms with Crippen molar-refractivity contribution in [2.45, 2.75) is 40.0 Å². The van der Waals surface area contributed by atoms with Gasteiger partial charge in [0.2, 0.25) is 0 Å². The summed E-state index contributed by atoms with van der Waals surface area (Å²) < 4.78 is 1.72. The van der Waals surface area contributed by atoms with E-state index in [9.17, 15) is 4.79 Å². The molecule has 21 heavy (non-hydrogen) atoms. The van der Waals surface area contributed by atoms with Crippen molar-refractivity contribution in [2.24, 2.45) is 7.05 Å². The number of carbonyl (C=O) groups excluding carboxylic acids is 1. The summed E-state index contributed by atoms with van der Waals surface area (Å²) in [6.07, 6.45) is 1.54. The van der Waals surface area contributed by atoms with Crippen molar-refractivity contribution in [3.63, 3.8) is 0 Å². The van der Waals surface area contributed by atoms with Crippen molar-refractivity contribution in [1.29, 1.82) is 0 Å². The molecule has 0 spiro atoms. The van der Waals surface area contributed by atoms with Crippen LogP contribution in [-0.4, -0.2) is 15.6 Å². The summed E-state index contributed by atoms with van der Waals surface area (Å²) in [6.45, 7) is 6.15. The van der Waals surface area contributed by atoms with Crippen LogP contribution in [0, 0.1) is 13.8 Å². The Balaban J connectivity index is 2.11. The van der Waals surface area contributed by atoms with Gasteiger partial charge in [-0.15, -0.1) is 0 Å². The first kappa shape index (κ1) is 15.8. The molecule has 0 saturated carbocycles. The molecule has 0 saturated heterocycles. The van der Waals surface area contributed by atoms with Gasteiger partial charge in [0.25, 0.3) is 0 Å². The first-order valence-electron chi connectivity index (χ1n) is 7.20. The number of hydrogen-bond acceptors (Lipinski definition) is 2. The number of hydrogen-bond donors (Lipinski definition) is 0. The highest BCUT2D eigenvalue weighted by Crippen LogP contribution is 2.22. The van der Waals surface area contributed by atoms with E-state index in [2.05, 4.69) is 31.1 Å². The lowest BCUT2D eigenvalue weighted by molar-refractivity contribution is -0.117. The second-order valence-electron chi connectivity index (χ2n) is 5.50. The van der Waals surface area contributed by atoms with Crippen LogP contribution in [0.1, 0.15) is 35.0 Å². The number of carbonyl (C=O) groups is 1. The van der Waals surface area contributed by atoms with Crippen LogP contribution in [0.3, 0.4) is 0 Å². The quantitative estimate of drug-likeness (QED) is 0.846. The van der Waals surface area contributed by atoms with Crippen LogP contribution in [0.15, 0.2) is 18.2 Å². The maximum absolute atomic E-state index is 12.3. The highest BCUT2D eigenvalue weighted by Gasteiger charge is 2.16. The molecule has 0 amide bonds. The topological polar surface area (TPSA) is 34.9 Å². The predicted octanol–water partition coefficient (Wildman–Crippen LogP) is 3.61. The van der Waals surface area contributed by atoms with Gasteiger partial charge < -0.3 is 0 Å². The van der Waals surface area contributed by atoms with Crippen LogP contribution < -0.4 is 0 Å². The number of halogens is 1. The molecule has 4 heteroatoms. The fourth-order valence-electron chi connectivity index (χ4n) is 2.40. The average Bonchev–Trinajstić information content (AvgIpc) is 2.70. The van der Waals surface area contributed by atoms with Crippen molar-refractivity contribution < 1.29 is 4.79 Å². The normalized spacial score (nSPS) is 10.9. The zero-order valence-corrected chi connectivity index (χ0v) is 13.8. The number of benzene rings is 1. The fraction of sp³-hybridized carbons (Fsp3) is 0.412. The van der Waals surface area contributed by atoms with E-state index in [0.717, 1.165) is 23.4 Å². The maximum Gasteiger partial charge on any atom is 0.143 e. The minimum Gasteiger partial charge on any atom is -0.299 e. The smallest absolute Gasteiger partial charge is 0.143 e. The number of nitrogens with zero attached hydrogens (tertiary/aromatic N) is 2. The number of aromatic nitrogens is 2. The Morgan fingerprint density at radius 3 is 2.52 bits per heavy atom. The summed E-state index contributed by atoms with van der Waals surface area (Å²) in [5.74, 6) is 0.158. The van der Waals surface area contributed by atoms with Crippen molar-refractivity contribution in [3.8, 4) is 0 Å². The largest absolute Gasteiger partial charge is 0.299 e. The molecule has 0 aliphatic carbocycles. The lowest BCUT2D eigenvalue weighted by atomic mass is 10.0. The number of aryl methyl sites for hydroxylation is 4. The molecule has 0 N–H and O–H groups in total. The van der Waals surface area contributed by atoms with E-state index in [4.69, 9.17) is 11.6 Å². The molecule has 0 aliphatic heterocycles. The minimum atomic E-state index is 0.158. The van der Waals surface area contributed by atoms with Crippen molar-refractivity contribution in [1.82, 2.24) is 9.78 Å². The summed E-state index contributed by atoms with van der Waals surface area (Å²) >= 11 is 6.29. The summed E-state index contributed by atoms with van der Waals surface area (Å²) in [4.78, 5) is 12.3. The summed E-state index contributed by atoms with van der Waals surface area (Å²) in [7, 11) is 1.84. The molecule has 2 rings (SSSR count). The minimum absolute atomic E-state index is 0.158. The Bertz CT molecular complexity index is 674. The van der Waals surface area contributed by atoms with E-state index in [1.807, 2.05) is 20.0 Å². The Labute approximate surface area is 130 Å². The first-order chi connectivity index (χ1) is 9.92. The second kappa shape index (κ2) is 6.44. The Hall–Kier alpha value is -1.61. The average molecular weight is 305 g/mol. The lowest BCUT2D eigenvalue weighted by Gasteiger charge is -2.06. The van der Waals surface area contributed by atoms with E-state index < -0.39 is 0 Å². The standard InChI is InChI=1S/C17H21ClN2O/c1-5-15-17(18)16(20(4)19-15)10-14(21)9-13-7-6-11(2)12(3)8-13/h6-8H,5,9-10H2,1-4H3. The third-order valence-electron chi connectivity index (χ3n) is 3.84. The first-order valence-corrected chi connectivity index (χ1v) is 7.58. The van der Waals surface area contributed by atoms with E-state index in [0.29, 0.717) is 17.9 Å². The highest BCUT2D eigenvalue weighted by molar-refractivity contribution is 6.32. The molecule has 2 aromatic rings. The molecule has 0 fully saturated rings. The van der Waals surface area contributed by atoms with Crippen molar-refractivity contribution in [3.05, 3.63) is 51.3 Å². The van der Waals surface area contributed by atoms with Gasteiger partial charge in [-0.25, -0.2) is 0 Å². The fourth-order valence-corrected chi connectivity index (χ4v) is 2.76. The Morgan fingerprint density at radius 2 is 1.95 bits per heavy atom. The molecule has 1 heterocycles. The van der Waals surface area contributed by atoms with Gasteiger partial charge in [0, 0.05) is 13.5 Å². The molecule has 0 bridgehead atoms. The predicted molar refractivity (Wildman–Crippen MR) is 85.9 cm³/mol. The Morgan fingerprint density at radius 1 is 1.24 bits per heavy atom. The van der Waals surface area contributed by atoms with Crippen molar-refractivity contribution in [2.75, 3.05) is 0 Å². The van der Waals surface area contributed by atoms with E-state index in [-0.39, 0.29) is 5.78 Å². The summed E-state index contributed by atoms with van der Waals surface area (Å²) in [5.41, 5.74) is 5.17. The number of rotatable bonds is 5. The maximum atomic E-state index is 12.3. The van der Waals surface area contributed by atoms with Gasteiger partial charge in [0.05, 0.1) is 22.8 Å². The van der Waals surface area contributed by atoms with Gasteiger partial charge in [-0.05, 0) is 37.0 Å². The molecule has 112 valence electrons. The zero-order valence-electron chi connectivity index (χ0n) is 13.0. The Kier molecular flexibility index (Phi) is 4.84. The highest BCUT2D eigenvalue weighted by atomic mass is 35.5. The van der Waals surface area contributed by atoms with E-state index >= 15 is 0 Å². The van der Waals surface area contributed by atoms with Crippen LogP contribution in [0.25, 0.3) is 0 Å². The van der Waals surface area contributed by atoms with Gasteiger partial charge >= 0.3 is 0 Å². The molecule has 1 aromatic carbocycles. The molecule has 0 aliphatic rings.